The normalized spacial score (nSPS) is 15.4. The van der Waals surface area contributed by atoms with E-state index >= 15 is 0 Å². The van der Waals surface area contributed by atoms with Crippen LogP contribution < -0.4 is 10.6 Å². The predicted octanol–water partition coefficient (Wildman–Crippen LogP) is 5.09. The zero-order chi connectivity index (χ0) is 17.6. The number of anilines is 2. The van der Waals surface area contributed by atoms with Gasteiger partial charge in [-0.25, -0.2) is 0 Å². The Morgan fingerprint density at radius 1 is 1.04 bits per heavy atom. The maximum Gasteiger partial charge on any atom is 0.274 e. The monoisotopic (exact) mass is 337 g/mol. The summed E-state index contributed by atoms with van der Waals surface area (Å²) in [5, 5.41) is 6.59. The van der Waals surface area contributed by atoms with E-state index in [9.17, 15) is 4.79 Å². The van der Waals surface area contributed by atoms with Crippen molar-refractivity contribution >= 4 is 17.3 Å². The van der Waals surface area contributed by atoms with Crippen LogP contribution in [0.3, 0.4) is 0 Å². The van der Waals surface area contributed by atoms with E-state index in [1.165, 1.54) is 38.5 Å². The van der Waals surface area contributed by atoms with E-state index in [2.05, 4.69) is 15.6 Å². The third-order valence-electron chi connectivity index (χ3n) is 4.94. The number of rotatable bonds is 4. The molecule has 1 fully saturated rings. The molecule has 0 atom stereocenters. The summed E-state index contributed by atoms with van der Waals surface area (Å²) in [6, 6.07) is 10.3. The molecule has 1 aliphatic carbocycles. The third-order valence-corrected chi connectivity index (χ3v) is 4.94. The number of pyridine rings is 1. The topological polar surface area (TPSA) is 54.0 Å². The van der Waals surface area contributed by atoms with Gasteiger partial charge in [0.2, 0.25) is 0 Å². The summed E-state index contributed by atoms with van der Waals surface area (Å²) in [5.41, 5.74) is 4.41. The second kappa shape index (κ2) is 8.15. The van der Waals surface area contributed by atoms with Gasteiger partial charge >= 0.3 is 0 Å². The lowest BCUT2D eigenvalue weighted by Gasteiger charge is -2.18. The van der Waals surface area contributed by atoms with Gasteiger partial charge < -0.3 is 10.6 Å². The number of hydrogen-bond donors (Lipinski definition) is 2. The molecule has 0 aliphatic heterocycles. The lowest BCUT2D eigenvalue weighted by Crippen LogP contribution is -2.19. The van der Waals surface area contributed by atoms with Crippen LogP contribution in [0.4, 0.5) is 11.4 Å². The Balaban J connectivity index is 1.71. The van der Waals surface area contributed by atoms with Crippen LogP contribution in [0.2, 0.25) is 0 Å². The number of para-hydroxylation sites is 1. The molecular weight excluding hydrogens is 310 g/mol. The molecule has 1 amide bonds. The SMILES string of the molecule is Cc1cccc(C)c1NC(=O)c1cc(NC2CCCCCC2)ccn1. The molecule has 4 heteroatoms. The smallest absolute Gasteiger partial charge is 0.274 e. The highest BCUT2D eigenvalue weighted by atomic mass is 16.1. The van der Waals surface area contributed by atoms with Crippen molar-refractivity contribution in [2.75, 3.05) is 10.6 Å². The standard InChI is InChI=1S/C21H27N3O/c1-15-8-7-9-16(2)20(15)24-21(25)19-14-18(12-13-22-19)23-17-10-5-3-4-6-11-17/h7-9,12-14,17H,3-6,10-11H2,1-2H3,(H,22,23)(H,24,25). The van der Waals surface area contributed by atoms with Crippen LogP contribution in [0, 0.1) is 13.8 Å². The van der Waals surface area contributed by atoms with Crippen molar-refractivity contribution in [1.29, 1.82) is 0 Å². The van der Waals surface area contributed by atoms with Crippen LogP contribution in [0.15, 0.2) is 36.5 Å². The van der Waals surface area contributed by atoms with E-state index in [0.717, 1.165) is 22.5 Å². The Morgan fingerprint density at radius 3 is 2.40 bits per heavy atom. The Morgan fingerprint density at radius 2 is 1.72 bits per heavy atom. The Bertz CT molecular complexity index is 713. The highest BCUT2D eigenvalue weighted by molar-refractivity contribution is 6.04. The van der Waals surface area contributed by atoms with Gasteiger partial charge in [0.25, 0.3) is 5.91 Å². The fourth-order valence-electron chi connectivity index (χ4n) is 3.49. The first kappa shape index (κ1) is 17.5. The molecule has 1 aliphatic rings. The first-order valence-electron chi connectivity index (χ1n) is 9.23. The van der Waals surface area contributed by atoms with E-state index in [4.69, 9.17) is 0 Å². The Hall–Kier alpha value is -2.36. The lowest BCUT2D eigenvalue weighted by molar-refractivity contribution is 0.102. The predicted molar refractivity (Wildman–Crippen MR) is 103 cm³/mol. The summed E-state index contributed by atoms with van der Waals surface area (Å²) in [4.78, 5) is 16.9. The summed E-state index contributed by atoms with van der Waals surface area (Å²) >= 11 is 0. The number of carbonyl (C=O) groups is 1. The van der Waals surface area contributed by atoms with Crippen molar-refractivity contribution in [3.8, 4) is 0 Å². The van der Waals surface area contributed by atoms with Gasteiger partial charge in [0, 0.05) is 23.6 Å². The van der Waals surface area contributed by atoms with Crippen LogP contribution in [-0.2, 0) is 0 Å². The van der Waals surface area contributed by atoms with E-state index in [0.29, 0.717) is 11.7 Å². The molecule has 0 radical (unpaired) electrons. The maximum atomic E-state index is 12.6. The molecule has 1 saturated carbocycles. The molecule has 0 bridgehead atoms. The van der Waals surface area contributed by atoms with Gasteiger partial charge in [-0.15, -0.1) is 0 Å². The van der Waals surface area contributed by atoms with Crippen molar-refractivity contribution < 1.29 is 4.79 Å². The number of benzene rings is 1. The number of hydrogen-bond acceptors (Lipinski definition) is 3. The largest absolute Gasteiger partial charge is 0.382 e. The van der Waals surface area contributed by atoms with Crippen molar-refractivity contribution in [2.24, 2.45) is 0 Å². The van der Waals surface area contributed by atoms with Gasteiger partial charge in [-0.3, -0.25) is 9.78 Å². The molecule has 3 rings (SSSR count). The van der Waals surface area contributed by atoms with Crippen molar-refractivity contribution in [3.63, 3.8) is 0 Å². The molecule has 132 valence electrons. The van der Waals surface area contributed by atoms with Gasteiger partial charge in [0.05, 0.1) is 0 Å². The molecule has 2 N–H and O–H groups in total. The number of nitrogens with one attached hydrogen (secondary N) is 2. The van der Waals surface area contributed by atoms with Crippen LogP contribution in [0.25, 0.3) is 0 Å². The Kier molecular flexibility index (Phi) is 5.69. The van der Waals surface area contributed by atoms with Crippen LogP contribution >= 0.6 is 0 Å². The van der Waals surface area contributed by atoms with Gasteiger partial charge in [0.15, 0.2) is 0 Å². The molecule has 1 heterocycles. The van der Waals surface area contributed by atoms with Crippen LogP contribution in [-0.4, -0.2) is 16.9 Å². The molecule has 0 unspecified atom stereocenters. The molecule has 0 saturated heterocycles. The van der Waals surface area contributed by atoms with Crippen LogP contribution in [0.1, 0.15) is 60.1 Å². The highest BCUT2D eigenvalue weighted by Gasteiger charge is 2.14. The number of carbonyl (C=O) groups excluding carboxylic acids is 1. The first-order chi connectivity index (χ1) is 12.1. The molecule has 1 aromatic carbocycles. The average molecular weight is 337 g/mol. The number of nitrogens with zero attached hydrogens (tertiary/aromatic N) is 1. The first-order valence-corrected chi connectivity index (χ1v) is 9.23. The quantitative estimate of drug-likeness (QED) is 0.765. The lowest BCUT2D eigenvalue weighted by atomic mass is 10.1. The van der Waals surface area contributed by atoms with Gasteiger partial charge in [-0.2, -0.15) is 0 Å². The zero-order valence-corrected chi connectivity index (χ0v) is 15.1. The van der Waals surface area contributed by atoms with E-state index in [-0.39, 0.29) is 5.91 Å². The minimum Gasteiger partial charge on any atom is -0.382 e. The Labute approximate surface area is 150 Å². The summed E-state index contributed by atoms with van der Waals surface area (Å²) in [6.07, 6.45) is 9.33. The fraction of sp³-hybridized carbons (Fsp3) is 0.429. The number of amides is 1. The minimum atomic E-state index is -0.165. The van der Waals surface area contributed by atoms with Gasteiger partial charge in [0.1, 0.15) is 5.69 Å². The molecule has 1 aromatic heterocycles. The summed E-state index contributed by atoms with van der Waals surface area (Å²) in [7, 11) is 0. The van der Waals surface area contributed by atoms with Crippen LogP contribution in [0.5, 0.6) is 0 Å². The fourth-order valence-corrected chi connectivity index (χ4v) is 3.49. The van der Waals surface area contributed by atoms with E-state index in [1.54, 1.807) is 6.20 Å². The second-order valence-corrected chi connectivity index (χ2v) is 6.98. The minimum absolute atomic E-state index is 0.165. The van der Waals surface area contributed by atoms with Crippen molar-refractivity contribution in [2.45, 2.75) is 58.4 Å². The second-order valence-electron chi connectivity index (χ2n) is 6.98. The third kappa shape index (κ3) is 4.59. The maximum absolute atomic E-state index is 12.6. The van der Waals surface area contributed by atoms with Gasteiger partial charge in [-0.1, -0.05) is 43.9 Å². The summed E-state index contributed by atoms with van der Waals surface area (Å²) in [6.45, 7) is 4.00. The highest BCUT2D eigenvalue weighted by Crippen LogP contribution is 2.23. The zero-order valence-electron chi connectivity index (χ0n) is 15.1. The number of aromatic nitrogens is 1. The molecular formula is C21H27N3O. The molecule has 4 nitrogen and oxygen atoms in total. The summed E-state index contributed by atoms with van der Waals surface area (Å²) < 4.78 is 0. The van der Waals surface area contributed by atoms with Crippen molar-refractivity contribution in [1.82, 2.24) is 4.98 Å². The van der Waals surface area contributed by atoms with E-state index in [1.807, 2.05) is 44.2 Å². The van der Waals surface area contributed by atoms with Gasteiger partial charge in [-0.05, 0) is 49.9 Å². The molecule has 25 heavy (non-hydrogen) atoms. The molecule has 0 spiro atoms. The number of aryl methyl sites for hydroxylation is 2. The summed E-state index contributed by atoms with van der Waals surface area (Å²) in [5.74, 6) is -0.165. The molecule has 2 aromatic rings. The van der Waals surface area contributed by atoms with Crippen molar-refractivity contribution in [3.05, 3.63) is 53.3 Å². The average Bonchev–Trinajstić information content (AvgIpc) is 2.87. The van der Waals surface area contributed by atoms with E-state index < -0.39 is 0 Å².